The van der Waals surface area contributed by atoms with Crippen LogP contribution in [0.2, 0.25) is 0 Å². The maximum atomic E-state index is 8.02. The van der Waals surface area contributed by atoms with Gasteiger partial charge in [0.15, 0.2) is 0 Å². The molecular weight excluding hydrogens is 304 g/mol. The van der Waals surface area contributed by atoms with E-state index in [1.807, 2.05) is 0 Å². The second kappa shape index (κ2) is 27.1. The Morgan fingerprint density at radius 3 is 1.43 bits per heavy atom. The minimum Gasteiger partial charge on any atom is -0.396 e. The van der Waals surface area contributed by atoms with Gasteiger partial charge in [0.2, 0.25) is 0 Å². The van der Waals surface area contributed by atoms with Crippen molar-refractivity contribution in [3.63, 3.8) is 0 Å². The van der Waals surface area contributed by atoms with Gasteiger partial charge in [0.25, 0.3) is 0 Å². The minimum absolute atomic E-state index is 0.267. The Balaban J connectivity index is 0. The Labute approximate surface area is 152 Å². The lowest BCUT2D eigenvalue weighted by atomic mass is 10.1. The normalized spacial score (nSPS) is 10.4. The van der Waals surface area contributed by atoms with Crippen molar-refractivity contribution in [1.29, 1.82) is 0 Å². The number of hydrogen-bond acceptors (Lipinski definition) is 3. The Morgan fingerprint density at radius 1 is 0.609 bits per heavy atom. The average Bonchev–Trinajstić information content (AvgIpc) is 2.56. The van der Waals surface area contributed by atoms with Crippen molar-refractivity contribution in [1.82, 2.24) is 0 Å². The zero-order valence-electron chi connectivity index (χ0n) is 16.0. The van der Waals surface area contributed by atoms with Gasteiger partial charge in [-0.25, -0.2) is 0 Å². The molecule has 0 aromatic heterocycles. The number of hydrogen-bond donors (Lipinski definition) is 2. The molecule has 2 nitrogen and oxygen atoms in total. The third-order valence-electron chi connectivity index (χ3n) is 3.85. The summed E-state index contributed by atoms with van der Waals surface area (Å²) in [5.41, 5.74) is 0. The fraction of sp³-hybridized carbons (Fsp3) is 1.00. The molecule has 1 N–H and O–H groups in total. The van der Waals surface area contributed by atoms with Crippen LogP contribution in [0.4, 0.5) is 0 Å². The van der Waals surface area contributed by atoms with Crippen molar-refractivity contribution in [2.75, 3.05) is 25.6 Å². The second-order valence-electron chi connectivity index (χ2n) is 6.30. The summed E-state index contributed by atoms with van der Waals surface area (Å²) in [7, 11) is 0. The highest BCUT2D eigenvalue weighted by molar-refractivity contribution is 7.80. The van der Waals surface area contributed by atoms with E-state index in [1.54, 1.807) is 0 Å². The molecule has 0 aliphatic carbocycles. The summed E-state index contributed by atoms with van der Waals surface area (Å²) in [4.78, 5) is 0. The van der Waals surface area contributed by atoms with Gasteiger partial charge in [-0.15, -0.1) is 0 Å². The molecule has 23 heavy (non-hydrogen) atoms. The summed E-state index contributed by atoms with van der Waals surface area (Å²) >= 11 is 3.84. The monoisotopic (exact) mass is 348 g/mol. The lowest BCUT2D eigenvalue weighted by molar-refractivity contribution is 0.127. The highest BCUT2D eigenvalue weighted by atomic mass is 32.1. The lowest BCUT2D eigenvalue weighted by Gasteiger charge is -2.04. The van der Waals surface area contributed by atoms with E-state index in [0.29, 0.717) is 0 Å². The molecule has 0 bridgehead atoms. The Bertz CT molecular complexity index is 159. The Morgan fingerprint density at radius 2 is 1.04 bits per heavy atom. The summed E-state index contributed by atoms with van der Waals surface area (Å²) in [5, 5.41) is 8.02. The number of ether oxygens (including phenoxy) is 1. The summed E-state index contributed by atoms with van der Waals surface area (Å²) in [6.45, 7) is 6.71. The van der Waals surface area contributed by atoms with E-state index in [0.717, 1.165) is 25.4 Å². The molecule has 0 spiro atoms. The summed E-state index contributed by atoms with van der Waals surface area (Å²) in [5.74, 6) is 0.788. The predicted octanol–water partition coefficient (Wildman–Crippen LogP) is 6.41. The molecule has 0 aliphatic rings. The summed E-state index contributed by atoms with van der Waals surface area (Å²) in [6.07, 6.45) is 18.8. The fourth-order valence-corrected chi connectivity index (χ4v) is 2.43. The molecule has 0 aliphatic heterocycles. The topological polar surface area (TPSA) is 29.5 Å². The van der Waals surface area contributed by atoms with Crippen molar-refractivity contribution in [2.24, 2.45) is 0 Å². The molecule has 0 heterocycles. The molecule has 0 amide bonds. The third kappa shape index (κ3) is 30.7. The summed E-state index contributed by atoms with van der Waals surface area (Å²) < 4.78 is 5.56. The first-order valence-electron chi connectivity index (χ1n) is 10.1. The first-order valence-corrected chi connectivity index (χ1v) is 10.8. The second-order valence-corrected chi connectivity index (χ2v) is 6.75. The van der Waals surface area contributed by atoms with E-state index in [4.69, 9.17) is 9.84 Å². The number of aliphatic hydroxyl groups excluding tert-OH is 1. The minimum atomic E-state index is 0.267. The van der Waals surface area contributed by atoms with Gasteiger partial charge in [-0.1, -0.05) is 84.5 Å². The lowest BCUT2D eigenvalue weighted by Crippen LogP contribution is -1.96. The van der Waals surface area contributed by atoms with Crippen molar-refractivity contribution in [3.8, 4) is 0 Å². The van der Waals surface area contributed by atoms with Gasteiger partial charge in [-0.05, 0) is 25.0 Å². The van der Waals surface area contributed by atoms with E-state index in [9.17, 15) is 0 Å². The molecule has 0 aromatic rings. The van der Waals surface area contributed by atoms with Crippen molar-refractivity contribution < 1.29 is 9.84 Å². The number of unbranched alkanes of at least 4 members (excludes halogenated alkanes) is 11. The number of thiol groups is 1. The largest absolute Gasteiger partial charge is 0.396 e. The SMILES string of the molecule is CCCCCCCCCCCCCOCCCC.OCCCS. The van der Waals surface area contributed by atoms with Gasteiger partial charge in [-0.2, -0.15) is 12.6 Å². The highest BCUT2D eigenvalue weighted by Gasteiger charge is 1.93. The van der Waals surface area contributed by atoms with E-state index < -0.39 is 0 Å². The van der Waals surface area contributed by atoms with Crippen LogP contribution < -0.4 is 0 Å². The first-order chi connectivity index (χ1) is 11.3. The van der Waals surface area contributed by atoms with E-state index >= 15 is 0 Å². The van der Waals surface area contributed by atoms with Crippen molar-refractivity contribution in [2.45, 2.75) is 104 Å². The molecule has 0 unspecified atom stereocenters. The molecule has 0 atom stereocenters. The predicted molar refractivity (Wildman–Crippen MR) is 108 cm³/mol. The first kappa shape index (κ1) is 25.5. The molecule has 0 aromatic carbocycles. The molecule has 0 fully saturated rings. The van der Waals surface area contributed by atoms with Crippen LogP contribution in [0.15, 0.2) is 0 Å². The van der Waals surface area contributed by atoms with Gasteiger partial charge < -0.3 is 9.84 Å². The van der Waals surface area contributed by atoms with Crippen LogP contribution in [0.5, 0.6) is 0 Å². The van der Waals surface area contributed by atoms with Crippen LogP contribution in [0.3, 0.4) is 0 Å². The maximum Gasteiger partial charge on any atom is 0.0466 e. The van der Waals surface area contributed by atoms with Crippen LogP contribution >= 0.6 is 12.6 Å². The van der Waals surface area contributed by atoms with Gasteiger partial charge in [0, 0.05) is 19.8 Å². The van der Waals surface area contributed by atoms with Crippen LogP contribution in [-0.4, -0.2) is 30.7 Å². The van der Waals surface area contributed by atoms with Gasteiger partial charge in [-0.3, -0.25) is 0 Å². The molecule has 142 valence electrons. The van der Waals surface area contributed by atoms with E-state index in [-0.39, 0.29) is 6.61 Å². The number of aliphatic hydroxyl groups is 1. The maximum absolute atomic E-state index is 8.02. The van der Waals surface area contributed by atoms with E-state index in [1.165, 1.54) is 83.5 Å². The fourth-order valence-electron chi connectivity index (χ4n) is 2.29. The third-order valence-corrected chi connectivity index (χ3v) is 4.17. The van der Waals surface area contributed by atoms with Crippen molar-refractivity contribution >= 4 is 12.6 Å². The number of rotatable bonds is 17. The zero-order chi connectivity index (χ0) is 17.4. The quantitative estimate of drug-likeness (QED) is 0.235. The standard InChI is InChI=1S/C17H36O.C3H8OS/c1-3-5-7-8-9-10-11-12-13-14-15-17-18-16-6-4-2;4-2-1-3-5/h3-17H2,1-2H3;4-5H,1-3H2. The molecular formula is C20H44O2S. The highest BCUT2D eigenvalue weighted by Crippen LogP contribution is 2.11. The van der Waals surface area contributed by atoms with Crippen LogP contribution in [0.25, 0.3) is 0 Å². The molecule has 0 radical (unpaired) electrons. The van der Waals surface area contributed by atoms with Gasteiger partial charge in [0.1, 0.15) is 0 Å². The zero-order valence-corrected chi connectivity index (χ0v) is 16.9. The summed E-state index contributed by atoms with van der Waals surface area (Å²) in [6, 6.07) is 0. The van der Waals surface area contributed by atoms with Crippen LogP contribution in [0, 0.1) is 0 Å². The van der Waals surface area contributed by atoms with Crippen LogP contribution in [0.1, 0.15) is 104 Å². The Kier molecular flexibility index (Phi) is 30.1. The molecule has 3 heteroatoms. The van der Waals surface area contributed by atoms with Gasteiger partial charge in [0.05, 0.1) is 0 Å². The van der Waals surface area contributed by atoms with E-state index in [2.05, 4.69) is 26.5 Å². The van der Waals surface area contributed by atoms with Crippen molar-refractivity contribution in [3.05, 3.63) is 0 Å². The smallest absolute Gasteiger partial charge is 0.0466 e. The van der Waals surface area contributed by atoms with Crippen LogP contribution in [-0.2, 0) is 4.74 Å². The molecule has 0 saturated heterocycles. The Hall–Kier alpha value is 0.270. The van der Waals surface area contributed by atoms with Gasteiger partial charge >= 0.3 is 0 Å². The molecule has 0 rings (SSSR count). The average molecular weight is 349 g/mol. The molecule has 0 saturated carbocycles.